The predicted molar refractivity (Wildman–Crippen MR) is 89.5 cm³/mol. The number of nitrogens with zero attached hydrogens (tertiary/aromatic N) is 1. The first-order chi connectivity index (χ1) is 9.74. The van der Waals surface area contributed by atoms with Crippen LogP contribution in [0.1, 0.15) is 46.1 Å². The molecule has 0 radical (unpaired) electrons. The molecule has 0 heterocycles. The summed E-state index contributed by atoms with van der Waals surface area (Å²) in [7, 11) is 3.15. The average molecular weight is 309 g/mol. The maximum atomic E-state index is 11.7. The first kappa shape index (κ1) is 18.1. The number of carbonyl (C=O) groups is 1. The number of carbonyl (C=O) groups excluding carboxylic acids is 1. The summed E-state index contributed by atoms with van der Waals surface area (Å²) in [5.41, 5.74) is 1.53. The molecule has 1 amide bonds. The molecule has 0 saturated carbocycles. The van der Waals surface area contributed by atoms with Gasteiger partial charge in [-0.3, -0.25) is 9.63 Å². The smallest absolute Gasteiger partial charge is 0.245 e. The summed E-state index contributed by atoms with van der Waals surface area (Å²) in [4.78, 5) is 17.8. The van der Waals surface area contributed by atoms with Gasteiger partial charge in [-0.1, -0.05) is 39.8 Å². The zero-order chi connectivity index (χ0) is 16.0. The van der Waals surface area contributed by atoms with E-state index < -0.39 is 0 Å². The van der Waals surface area contributed by atoms with Crippen LogP contribution in [0.5, 0.6) is 0 Å². The summed E-state index contributed by atoms with van der Waals surface area (Å²) in [5.74, 6) is 0.0213. The van der Waals surface area contributed by atoms with E-state index in [0.29, 0.717) is 11.7 Å². The van der Waals surface area contributed by atoms with Gasteiger partial charge in [0, 0.05) is 23.6 Å². The Bertz CT molecular complexity index is 451. The number of rotatable bonds is 6. The lowest BCUT2D eigenvalue weighted by atomic mass is 9.87. The Morgan fingerprint density at radius 2 is 1.86 bits per heavy atom. The maximum absolute atomic E-state index is 11.7. The second kappa shape index (κ2) is 7.85. The standard InChI is InChI=1S/C17H27NO2S/c1-13(7-12-16(19)18(5)20-6)21-15-10-8-14(9-11-15)17(2,3)4/h8-11,13H,7,12H2,1-6H3. The Morgan fingerprint density at radius 1 is 1.29 bits per heavy atom. The molecule has 118 valence electrons. The molecule has 0 bridgehead atoms. The molecule has 0 aromatic heterocycles. The first-order valence-electron chi connectivity index (χ1n) is 7.32. The van der Waals surface area contributed by atoms with Crippen LogP contribution in [0, 0.1) is 0 Å². The highest BCUT2D eigenvalue weighted by molar-refractivity contribution is 7.99. The van der Waals surface area contributed by atoms with Gasteiger partial charge in [-0.25, -0.2) is 5.06 Å². The SMILES string of the molecule is CON(C)C(=O)CCC(C)Sc1ccc(C(C)(C)C)cc1. The minimum atomic E-state index is 0.0213. The molecule has 0 spiro atoms. The van der Waals surface area contributed by atoms with Gasteiger partial charge < -0.3 is 0 Å². The van der Waals surface area contributed by atoms with Crippen molar-refractivity contribution >= 4 is 17.7 Å². The summed E-state index contributed by atoms with van der Waals surface area (Å²) >= 11 is 1.81. The van der Waals surface area contributed by atoms with Crippen molar-refractivity contribution in [1.82, 2.24) is 5.06 Å². The molecule has 1 aromatic carbocycles. The average Bonchev–Trinajstić information content (AvgIpc) is 2.43. The van der Waals surface area contributed by atoms with Crippen molar-refractivity contribution in [3.8, 4) is 0 Å². The largest absolute Gasteiger partial charge is 0.275 e. The lowest BCUT2D eigenvalue weighted by Gasteiger charge is -2.19. The van der Waals surface area contributed by atoms with Crippen LogP contribution in [0.3, 0.4) is 0 Å². The van der Waals surface area contributed by atoms with Gasteiger partial charge in [-0.2, -0.15) is 0 Å². The number of hydrogen-bond acceptors (Lipinski definition) is 3. The second-order valence-electron chi connectivity index (χ2n) is 6.32. The summed E-state index contributed by atoms with van der Waals surface area (Å²) in [6.45, 7) is 8.81. The third kappa shape index (κ3) is 6.10. The van der Waals surface area contributed by atoms with E-state index in [1.165, 1.54) is 22.6 Å². The van der Waals surface area contributed by atoms with Gasteiger partial charge in [0.1, 0.15) is 0 Å². The van der Waals surface area contributed by atoms with Gasteiger partial charge >= 0.3 is 0 Å². The minimum Gasteiger partial charge on any atom is -0.275 e. The molecule has 1 aromatic rings. The fourth-order valence-corrected chi connectivity index (χ4v) is 2.90. The van der Waals surface area contributed by atoms with Gasteiger partial charge in [-0.15, -0.1) is 11.8 Å². The number of thioether (sulfide) groups is 1. The zero-order valence-corrected chi connectivity index (χ0v) is 14.8. The second-order valence-corrected chi connectivity index (χ2v) is 7.83. The lowest BCUT2D eigenvalue weighted by Crippen LogP contribution is -2.25. The van der Waals surface area contributed by atoms with Crippen LogP contribution in [0.15, 0.2) is 29.2 Å². The highest BCUT2D eigenvalue weighted by atomic mass is 32.2. The van der Waals surface area contributed by atoms with Crippen molar-refractivity contribution in [1.29, 1.82) is 0 Å². The van der Waals surface area contributed by atoms with Gasteiger partial charge in [0.15, 0.2) is 0 Å². The fraction of sp³-hybridized carbons (Fsp3) is 0.588. The van der Waals surface area contributed by atoms with E-state index in [-0.39, 0.29) is 11.3 Å². The summed E-state index contributed by atoms with van der Waals surface area (Å²) in [6.07, 6.45) is 1.36. The Kier molecular flexibility index (Phi) is 6.75. The Hall–Kier alpha value is -1.00. The van der Waals surface area contributed by atoms with Gasteiger partial charge in [0.25, 0.3) is 0 Å². The zero-order valence-electron chi connectivity index (χ0n) is 14.0. The van der Waals surface area contributed by atoms with Crippen molar-refractivity contribution in [3.05, 3.63) is 29.8 Å². The van der Waals surface area contributed by atoms with E-state index >= 15 is 0 Å². The van der Waals surface area contributed by atoms with Crippen molar-refractivity contribution < 1.29 is 9.63 Å². The van der Waals surface area contributed by atoms with Crippen LogP contribution in [0.25, 0.3) is 0 Å². The molecule has 0 fully saturated rings. The third-order valence-electron chi connectivity index (χ3n) is 3.45. The molecule has 1 atom stereocenters. The Morgan fingerprint density at radius 3 is 2.33 bits per heavy atom. The molecule has 0 aliphatic rings. The molecule has 4 heteroatoms. The van der Waals surface area contributed by atoms with Crippen molar-refractivity contribution in [2.24, 2.45) is 0 Å². The summed E-state index contributed by atoms with van der Waals surface area (Å²) in [6, 6.07) is 8.73. The van der Waals surface area contributed by atoms with Crippen LogP contribution < -0.4 is 0 Å². The molecular formula is C17H27NO2S. The molecule has 0 aliphatic heterocycles. The highest BCUT2D eigenvalue weighted by Crippen LogP contribution is 2.29. The van der Waals surface area contributed by atoms with E-state index in [0.717, 1.165) is 6.42 Å². The molecular weight excluding hydrogens is 282 g/mol. The van der Waals surface area contributed by atoms with Crippen LogP contribution in [0.4, 0.5) is 0 Å². The monoisotopic (exact) mass is 309 g/mol. The van der Waals surface area contributed by atoms with Crippen LogP contribution in [-0.2, 0) is 15.0 Å². The van der Waals surface area contributed by atoms with E-state index in [2.05, 4.69) is 52.0 Å². The number of amides is 1. The van der Waals surface area contributed by atoms with E-state index in [1.54, 1.807) is 7.05 Å². The summed E-state index contributed by atoms with van der Waals surface area (Å²) in [5, 5.41) is 1.69. The fourth-order valence-electron chi connectivity index (χ4n) is 1.91. The van der Waals surface area contributed by atoms with Crippen LogP contribution in [0.2, 0.25) is 0 Å². The summed E-state index contributed by atoms with van der Waals surface area (Å²) < 4.78 is 0. The molecule has 1 unspecified atom stereocenters. The predicted octanol–water partition coefficient (Wildman–Crippen LogP) is 4.26. The quantitative estimate of drug-likeness (QED) is 0.581. The van der Waals surface area contributed by atoms with E-state index in [1.807, 2.05) is 11.8 Å². The third-order valence-corrected chi connectivity index (χ3v) is 4.63. The lowest BCUT2D eigenvalue weighted by molar-refractivity contribution is -0.168. The minimum absolute atomic E-state index is 0.0213. The molecule has 3 nitrogen and oxygen atoms in total. The highest BCUT2D eigenvalue weighted by Gasteiger charge is 2.14. The number of hydrogen-bond donors (Lipinski definition) is 0. The van der Waals surface area contributed by atoms with Gasteiger partial charge in [-0.05, 0) is 29.5 Å². The molecule has 1 rings (SSSR count). The van der Waals surface area contributed by atoms with Crippen molar-refractivity contribution in [3.63, 3.8) is 0 Å². The van der Waals surface area contributed by atoms with E-state index in [4.69, 9.17) is 4.84 Å². The normalized spacial score (nSPS) is 13.0. The molecule has 0 N–H and O–H groups in total. The molecule has 0 saturated heterocycles. The number of benzene rings is 1. The Labute approximate surface area is 133 Å². The topological polar surface area (TPSA) is 29.5 Å². The van der Waals surface area contributed by atoms with Gasteiger partial charge in [0.2, 0.25) is 5.91 Å². The van der Waals surface area contributed by atoms with Crippen molar-refractivity contribution in [2.75, 3.05) is 14.2 Å². The maximum Gasteiger partial charge on any atom is 0.245 e. The molecule has 21 heavy (non-hydrogen) atoms. The first-order valence-corrected chi connectivity index (χ1v) is 8.20. The van der Waals surface area contributed by atoms with Crippen LogP contribution >= 0.6 is 11.8 Å². The van der Waals surface area contributed by atoms with Gasteiger partial charge in [0.05, 0.1) is 7.11 Å². The van der Waals surface area contributed by atoms with E-state index in [9.17, 15) is 4.79 Å². The molecule has 0 aliphatic carbocycles. The van der Waals surface area contributed by atoms with Crippen LogP contribution in [-0.4, -0.2) is 30.4 Å². The van der Waals surface area contributed by atoms with Crippen molar-refractivity contribution in [2.45, 2.75) is 56.1 Å². The Balaban J connectivity index is 2.48. The number of hydroxylamine groups is 2.